The molecule has 0 aliphatic rings. The topological polar surface area (TPSA) is 134 Å². The number of nitrogens with two attached hydrogens (primary N) is 1. The van der Waals surface area contributed by atoms with Crippen molar-refractivity contribution in [2.24, 2.45) is 5.73 Å². The van der Waals surface area contributed by atoms with Gasteiger partial charge < -0.3 is 20.1 Å². The van der Waals surface area contributed by atoms with Crippen LogP contribution in [0.1, 0.15) is 367 Å². The Labute approximate surface area is 581 Å². The number of esters is 2. The maximum atomic E-state index is 12.8. The summed E-state index contributed by atoms with van der Waals surface area (Å²) in [7, 11) is -4.41. The molecule has 0 aromatic carbocycles. The summed E-state index contributed by atoms with van der Waals surface area (Å²) < 4.78 is 33.2. The fourth-order valence-electron chi connectivity index (χ4n) is 11.3. The lowest BCUT2D eigenvalue weighted by Gasteiger charge is -2.19. The first kappa shape index (κ1) is 90.4. The zero-order chi connectivity index (χ0) is 67.9. The van der Waals surface area contributed by atoms with Crippen LogP contribution in [0.2, 0.25) is 0 Å². The third-order valence-electron chi connectivity index (χ3n) is 17.1. The predicted octanol–water partition coefficient (Wildman–Crippen LogP) is 26.6. The zero-order valence-electron chi connectivity index (χ0n) is 61.2. The average molecular weight is 1330 g/mol. The van der Waals surface area contributed by atoms with Crippen molar-refractivity contribution in [3.05, 3.63) is 122 Å². The van der Waals surface area contributed by atoms with Crippen molar-refractivity contribution in [1.29, 1.82) is 0 Å². The quantitative estimate of drug-likeness (QED) is 0.0264. The summed E-state index contributed by atoms with van der Waals surface area (Å²) in [6, 6.07) is 0. The minimum absolute atomic E-state index is 0.0465. The SMILES string of the molecule is CC/C=C\C/C=C\C/C=C\C/C=C\C/C=C\C/C=C\C/C=C\C/C=C\C/C=C\C/C=C\CCCCCCCCC(=O)OC(COC(=O)CCCCCCCCCCCCCCCCCCCCCCCCCCCCCCCCCCCCCC)COP(=O)(O)OCCN. The molecule has 3 N–H and O–H groups in total. The molecule has 0 rings (SSSR count). The molecule has 0 heterocycles. The van der Waals surface area contributed by atoms with Crippen LogP contribution in [-0.4, -0.2) is 49.3 Å². The van der Waals surface area contributed by atoms with Crippen LogP contribution in [0.3, 0.4) is 0 Å². The fraction of sp³-hybridized carbons (Fsp3) is 0.738. The highest BCUT2D eigenvalue weighted by molar-refractivity contribution is 7.47. The van der Waals surface area contributed by atoms with Crippen LogP contribution >= 0.6 is 7.82 Å². The van der Waals surface area contributed by atoms with Gasteiger partial charge in [0, 0.05) is 19.4 Å². The number of hydrogen-bond donors (Lipinski definition) is 2. The fourth-order valence-corrected chi connectivity index (χ4v) is 12.1. The molecule has 0 aromatic rings. The minimum atomic E-state index is -4.41. The van der Waals surface area contributed by atoms with E-state index in [0.717, 1.165) is 122 Å². The van der Waals surface area contributed by atoms with Crippen LogP contribution in [0.5, 0.6) is 0 Å². The Morgan fingerprint density at radius 3 is 0.872 bits per heavy atom. The van der Waals surface area contributed by atoms with Gasteiger partial charge in [0.25, 0.3) is 0 Å². The Balaban J connectivity index is 3.88. The van der Waals surface area contributed by atoms with Gasteiger partial charge in [0.15, 0.2) is 6.10 Å². The molecule has 0 spiro atoms. The Hall–Kier alpha value is -3.59. The Kier molecular flexibility index (Phi) is 75.4. The summed E-state index contributed by atoms with van der Waals surface area (Å²) in [6.45, 7) is 3.65. The maximum Gasteiger partial charge on any atom is 0.472 e. The van der Waals surface area contributed by atoms with Gasteiger partial charge in [-0.15, -0.1) is 0 Å². The van der Waals surface area contributed by atoms with Gasteiger partial charge in [0.05, 0.1) is 13.2 Å². The number of ether oxygens (including phenoxy) is 2. The maximum absolute atomic E-state index is 12.8. The molecule has 0 amide bonds. The molecule has 0 saturated carbocycles. The van der Waals surface area contributed by atoms with E-state index in [1.807, 2.05) is 0 Å². The van der Waals surface area contributed by atoms with E-state index < -0.39 is 26.5 Å². The second-order valence-electron chi connectivity index (χ2n) is 26.2. The van der Waals surface area contributed by atoms with Gasteiger partial charge in [-0.3, -0.25) is 18.6 Å². The zero-order valence-corrected chi connectivity index (χ0v) is 62.1. The summed E-state index contributed by atoms with van der Waals surface area (Å²) in [6.07, 6.45) is 110. The molecule has 10 heteroatoms. The molecule has 2 atom stereocenters. The number of carbonyl (C=O) groups is 2. The molecule has 542 valence electrons. The number of unbranched alkanes of at least 4 members (excludes halogenated alkanes) is 41. The molecule has 0 aromatic heterocycles. The summed E-state index contributed by atoms with van der Waals surface area (Å²) in [4.78, 5) is 35.4. The number of carbonyl (C=O) groups excluding carboxylic acids is 2. The van der Waals surface area contributed by atoms with E-state index in [-0.39, 0.29) is 38.6 Å². The van der Waals surface area contributed by atoms with Crippen molar-refractivity contribution in [2.75, 3.05) is 26.4 Å². The number of rotatable bonds is 74. The molecule has 0 bridgehead atoms. The summed E-state index contributed by atoms with van der Waals surface area (Å²) in [5, 5.41) is 0. The van der Waals surface area contributed by atoms with E-state index in [9.17, 15) is 19.0 Å². The number of phosphoric ester groups is 1. The van der Waals surface area contributed by atoms with Gasteiger partial charge in [-0.25, -0.2) is 4.57 Å². The number of phosphoric acid groups is 1. The van der Waals surface area contributed by atoms with Gasteiger partial charge in [-0.05, 0) is 89.9 Å². The highest BCUT2D eigenvalue weighted by Crippen LogP contribution is 2.43. The van der Waals surface area contributed by atoms with Crippen LogP contribution in [0.25, 0.3) is 0 Å². The molecule has 2 unspecified atom stereocenters. The van der Waals surface area contributed by atoms with Crippen molar-refractivity contribution in [2.45, 2.75) is 373 Å². The second kappa shape index (κ2) is 78.4. The standard InChI is InChI=1S/C84H148NO8P/c1-3-5-7-9-11-13-15-17-19-21-23-25-27-29-31-33-35-37-39-41-43-45-47-49-51-53-55-57-59-61-63-65-67-69-71-73-75-77-84(87)93-82(81-92-94(88,89)91-79-78-85)80-90-83(86)76-74-72-70-68-66-64-62-60-58-56-54-52-50-48-46-44-42-40-38-36-34-32-30-28-26-24-22-20-18-16-14-12-10-8-6-4-2/h5,7,11,13,17,19,23,25,29,31,35,37,41,43,47,49,53,55,59,61,82H,3-4,6,8-10,12,14-16,18,20-22,24,26-28,30,32-34,36,38-40,42,44-46,48,50-52,54,56-58,60,62-81,85H2,1-2H3,(H,88,89)/b7-5-,13-11-,19-17-,25-23-,31-29-,37-35-,43-41-,49-47-,55-53-,61-59-. The Morgan fingerprint density at radius 2 is 0.585 bits per heavy atom. The summed E-state index contributed by atoms with van der Waals surface area (Å²) >= 11 is 0. The largest absolute Gasteiger partial charge is 0.472 e. The van der Waals surface area contributed by atoms with Crippen LogP contribution in [0.15, 0.2) is 122 Å². The van der Waals surface area contributed by atoms with E-state index in [2.05, 4.69) is 135 Å². The van der Waals surface area contributed by atoms with Crippen LogP contribution in [0, 0.1) is 0 Å². The van der Waals surface area contributed by atoms with Crippen LogP contribution in [-0.2, 0) is 32.7 Å². The average Bonchev–Trinajstić information content (AvgIpc) is 3.18. The lowest BCUT2D eigenvalue weighted by atomic mass is 10.0. The van der Waals surface area contributed by atoms with Crippen molar-refractivity contribution in [1.82, 2.24) is 0 Å². The van der Waals surface area contributed by atoms with Gasteiger partial charge in [0.2, 0.25) is 0 Å². The van der Waals surface area contributed by atoms with Crippen molar-refractivity contribution in [3.8, 4) is 0 Å². The first-order chi connectivity index (χ1) is 46.3. The van der Waals surface area contributed by atoms with E-state index >= 15 is 0 Å². The van der Waals surface area contributed by atoms with Crippen molar-refractivity contribution >= 4 is 19.8 Å². The van der Waals surface area contributed by atoms with Gasteiger partial charge >= 0.3 is 19.8 Å². The van der Waals surface area contributed by atoms with Gasteiger partial charge in [-0.2, -0.15) is 0 Å². The summed E-state index contributed by atoms with van der Waals surface area (Å²) in [5.41, 5.74) is 5.41. The molecule has 0 fully saturated rings. The monoisotopic (exact) mass is 1330 g/mol. The molecule has 0 aliphatic heterocycles. The smallest absolute Gasteiger partial charge is 0.462 e. The first-order valence-corrected chi connectivity index (χ1v) is 41.0. The number of allylic oxidation sites excluding steroid dienone is 20. The molecule has 0 saturated heterocycles. The van der Waals surface area contributed by atoms with Crippen molar-refractivity contribution < 1.29 is 37.6 Å². The molecule has 94 heavy (non-hydrogen) atoms. The van der Waals surface area contributed by atoms with Crippen molar-refractivity contribution in [3.63, 3.8) is 0 Å². The molecular formula is C84H148NO8P. The van der Waals surface area contributed by atoms with Gasteiger partial charge in [0.1, 0.15) is 6.61 Å². The highest BCUT2D eigenvalue weighted by atomic mass is 31.2. The third-order valence-corrected chi connectivity index (χ3v) is 18.1. The number of hydrogen-bond acceptors (Lipinski definition) is 8. The Bertz CT molecular complexity index is 1960. The normalized spacial score (nSPS) is 13.5. The highest BCUT2D eigenvalue weighted by Gasteiger charge is 2.26. The lowest BCUT2D eigenvalue weighted by Crippen LogP contribution is -2.29. The van der Waals surface area contributed by atoms with E-state index in [0.29, 0.717) is 6.42 Å². The molecular weight excluding hydrogens is 1180 g/mol. The predicted molar refractivity (Wildman–Crippen MR) is 408 cm³/mol. The lowest BCUT2D eigenvalue weighted by molar-refractivity contribution is -0.161. The molecule has 0 radical (unpaired) electrons. The van der Waals surface area contributed by atoms with Gasteiger partial charge in [-0.1, -0.05) is 386 Å². The van der Waals surface area contributed by atoms with E-state index in [1.165, 1.54) is 212 Å². The Morgan fingerprint density at radius 1 is 0.330 bits per heavy atom. The summed E-state index contributed by atoms with van der Waals surface area (Å²) in [5.74, 6) is -0.837. The second-order valence-corrected chi connectivity index (χ2v) is 27.7. The van der Waals surface area contributed by atoms with E-state index in [4.69, 9.17) is 24.3 Å². The molecule has 9 nitrogen and oxygen atoms in total. The molecule has 0 aliphatic carbocycles. The third kappa shape index (κ3) is 77.4. The van der Waals surface area contributed by atoms with Crippen LogP contribution < -0.4 is 5.73 Å². The van der Waals surface area contributed by atoms with Crippen LogP contribution in [0.4, 0.5) is 0 Å². The van der Waals surface area contributed by atoms with E-state index in [1.54, 1.807) is 0 Å². The minimum Gasteiger partial charge on any atom is -0.462 e. The first-order valence-electron chi connectivity index (χ1n) is 39.5.